The molecule has 5 rings (SSSR count). The van der Waals surface area contributed by atoms with Crippen LogP contribution >= 0.6 is 22.9 Å². The number of carbonyl (C=O) groups is 1. The van der Waals surface area contributed by atoms with Crippen molar-refractivity contribution in [2.75, 3.05) is 5.32 Å². The highest BCUT2D eigenvalue weighted by Crippen LogP contribution is 2.30. The Labute approximate surface area is 213 Å². The molecule has 2 heterocycles. The van der Waals surface area contributed by atoms with E-state index < -0.39 is 0 Å². The van der Waals surface area contributed by atoms with Gasteiger partial charge in [0.25, 0.3) is 0 Å². The molecule has 1 N–H and O–H groups in total. The van der Waals surface area contributed by atoms with Crippen molar-refractivity contribution in [3.05, 3.63) is 118 Å². The number of hydrogen-bond acceptors (Lipinski definition) is 4. The molecule has 0 spiro atoms. The van der Waals surface area contributed by atoms with Crippen LogP contribution in [0.3, 0.4) is 0 Å². The average Bonchev–Trinajstić information content (AvgIpc) is 3.51. The summed E-state index contributed by atoms with van der Waals surface area (Å²) in [6, 6.07) is 29.7. The fourth-order valence-electron chi connectivity index (χ4n) is 4.03. The van der Waals surface area contributed by atoms with E-state index in [2.05, 4.69) is 34.7 Å². The Bertz CT molecular complexity index is 1390. The van der Waals surface area contributed by atoms with E-state index in [-0.39, 0.29) is 11.8 Å². The molecular formula is C28H23ClN4OS. The lowest BCUT2D eigenvalue weighted by Gasteiger charge is -2.18. The standard InChI is InChI=1S/C28H23ClN4OS/c1-19-16-26(33(32-19)28-30-25(18-35-28)22-12-14-23(29)15-13-22)31-27(34)17-24(20-8-4-2-5-9-20)21-10-6-3-7-11-21/h2-16,18,24H,17H2,1H3,(H,31,34). The molecule has 0 fully saturated rings. The van der Waals surface area contributed by atoms with Crippen molar-refractivity contribution in [3.63, 3.8) is 0 Å². The average molecular weight is 499 g/mol. The predicted octanol–water partition coefficient (Wildman–Crippen LogP) is 7.12. The molecule has 3 aromatic carbocycles. The van der Waals surface area contributed by atoms with Crippen molar-refractivity contribution >= 4 is 34.7 Å². The first-order valence-corrected chi connectivity index (χ1v) is 12.5. The van der Waals surface area contributed by atoms with E-state index in [1.54, 1.807) is 4.68 Å². The fourth-order valence-corrected chi connectivity index (χ4v) is 4.95. The summed E-state index contributed by atoms with van der Waals surface area (Å²) in [5, 5.41) is 11.0. The molecule has 7 heteroatoms. The molecular weight excluding hydrogens is 476 g/mol. The topological polar surface area (TPSA) is 59.8 Å². The van der Waals surface area contributed by atoms with Crippen LogP contribution < -0.4 is 5.32 Å². The molecule has 0 saturated carbocycles. The van der Waals surface area contributed by atoms with E-state index in [0.717, 1.165) is 28.1 Å². The van der Waals surface area contributed by atoms with Crippen molar-refractivity contribution in [1.82, 2.24) is 14.8 Å². The minimum Gasteiger partial charge on any atom is -0.310 e. The van der Waals surface area contributed by atoms with Gasteiger partial charge in [-0.05, 0) is 30.2 Å². The summed E-state index contributed by atoms with van der Waals surface area (Å²) in [5.41, 5.74) is 4.81. The molecule has 0 unspecified atom stereocenters. The number of halogens is 1. The lowest BCUT2D eigenvalue weighted by molar-refractivity contribution is -0.116. The van der Waals surface area contributed by atoms with Crippen molar-refractivity contribution in [3.8, 4) is 16.4 Å². The maximum Gasteiger partial charge on any atom is 0.226 e. The number of amides is 1. The number of nitrogens with one attached hydrogen (secondary N) is 1. The number of aryl methyl sites for hydroxylation is 1. The van der Waals surface area contributed by atoms with Gasteiger partial charge in [-0.25, -0.2) is 4.98 Å². The Morgan fingerprint density at radius 1 is 0.971 bits per heavy atom. The number of carbonyl (C=O) groups excluding carboxylic acids is 1. The molecule has 5 aromatic rings. The van der Waals surface area contributed by atoms with Crippen LogP contribution in [0.4, 0.5) is 5.82 Å². The van der Waals surface area contributed by atoms with E-state index in [1.807, 2.05) is 79.0 Å². The maximum absolute atomic E-state index is 13.2. The second-order valence-electron chi connectivity index (χ2n) is 8.23. The third-order valence-electron chi connectivity index (χ3n) is 5.71. The monoisotopic (exact) mass is 498 g/mol. The number of hydrogen-bond donors (Lipinski definition) is 1. The second kappa shape index (κ2) is 10.3. The van der Waals surface area contributed by atoms with Gasteiger partial charge in [-0.2, -0.15) is 9.78 Å². The van der Waals surface area contributed by atoms with Crippen LogP contribution in [0.2, 0.25) is 5.02 Å². The van der Waals surface area contributed by atoms with E-state index in [1.165, 1.54) is 11.3 Å². The van der Waals surface area contributed by atoms with Gasteiger partial charge in [-0.3, -0.25) is 4.79 Å². The first-order valence-electron chi connectivity index (χ1n) is 11.2. The molecule has 1 amide bonds. The third-order valence-corrected chi connectivity index (χ3v) is 6.77. The summed E-state index contributed by atoms with van der Waals surface area (Å²) < 4.78 is 1.69. The zero-order chi connectivity index (χ0) is 24.2. The van der Waals surface area contributed by atoms with Gasteiger partial charge in [-0.15, -0.1) is 11.3 Å². The molecule has 0 bridgehead atoms. The summed E-state index contributed by atoms with van der Waals surface area (Å²) in [6.45, 7) is 1.90. The van der Waals surface area contributed by atoms with Gasteiger partial charge < -0.3 is 5.32 Å². The molecule has 5 nitrogen and oxygen atoms in total. The number of thiazole rings is 1. The summed E-state index contributed by atoms with van der Waals surface area (Å²) in [4.78, 5) is 18.0. The molecule has 0 radical (unpaired) electrons. The van der Waals surface area contributed by atoms with Crippen LogP contribution in [0.5, 0.6) is 0 Å². The van der Waals surface area contributed by atoms with Gasteiger partial charge in [-0.1, -0.05) is 84.4 Å². The maximum atomic E-state index is 13.2. The van der Waals surface area contributed by atoms with E-state index in [9.17, 15) is 4.79 Å². The van der Waals surface area contributed by atoms with Gasteiger partial charge in [0.2, 0.25) is 11.0 Å². The summed E-state index contributed by atoms with van der Waals surface area (Å²) in [7, 11) is 0. The Morgan fingerprint density at radius 2 is 1.60 bits per heavy atom. The van der Waals surface area contributed by atoms with Crippen LogP contribution in [0, 0.1) is 6.92 Å². The molecule has 0 saturated heterocycles. The normalized spacial score (nSPS) is 11.1. The van der Waals surface area contributed by atoms with Crippen LogP contribution in [-0.4, -0.2) is 20.7 Å². The Balaban J connectivity index is 1.38. The number of benzene rings is 3. The highest BCUT2D eigenvalue weighted by Gasteiger charge is 2.20. The highest BCUT2D eigenvalue weighted by atomic mass is 35.5. The zero-order valence-electron chi connectivity index (χ0n) is 19.1. The summed E-state index contributed by atoms with van der Waals surface area (Å²) in [6.07, 6.45) is 0.312. The van der Waals surface area contributed by atoms with Crippen molar-refractivity contribution in [1.29, 1.82) is 0 Å². The van der Waals surface area contributed by atoms with Crippen molar-refractivity contribution in [2.24, 2.45) is 0 Å². The number of aromatic nitrogens is 3. The first kappa shape index (κ1) is 23.0. The van der Waals surface area contributed by atoms with E-state index in [0.29, 0.717) is 22.4 Å². The van der Waals surface area contributed by atoms with Crippen LogP contribution in [0.1, 0.15) is 29.2 Å². The lowest BCUT2D eigenvalue weighted by Crippen LogP contribution is -2.18. The number of anilines is 1. The molecule has 35 heavy (non-hydrogen) atoms. The molecule has 0 atom stereocenters. The van der Waals surface area contributed by atoms with Crippen LogP contribution in [0.15, 0.2) is 96.4 Å². The van der Waals surface area contributed by atoms with Crippen LogP contribution in [-0.2, 0) is 4.79 Å². The van der Waals surface area contributed by atoms with Crippen molar-refractivity contribution in [2.45, 2.75) is 19.3 Å². The Hall–Kier alpha value is -3.74. The first-order chi connectivity index (χ1) is 17.1. The highest BCUT2D eigenvalue weighted by molar-refractivity contribution is 7.12. The summed E-state index contributed by atoms with van der Waals surface area (Å²) in [5.74, 6) is 0.467. The van der Waals surface area contributed by atoms with E-state index >= 15 is 0 Å². The minimum absolute atomic E-state index is 0.0498. The van der Waals surface area contributed by atoms with Gasteiger partial charge >= 0.3 is 0 Å². The van der Waals surface area contributed by atoms with Crippen LogP contribution in [0.25, 0.3) is 16.4 Å². The van der Waals surface area contributed by atoms with Gasteiger partial charge in [0.05, 0.1) is 11.4 Å². The van der Waals surface area contributed by atoms with Gasteiger partial charge in [0, 0.05) is 34.4 Å². The molecule has 174 valence electrons. The zero-order valence-corrected chi connectivity index (χ0v) is 20.6. The molecule has 0 aliphatic carbocycles. The SMILES string of the molecule is Cc1cc(NC(=O)CC(c2ccccc2)c2ccccc2)n(-c2nc(-c3ccc(Cl)cc3)cs2)n1. The Kier molecular flexibility index (Phi) is 6.75. The molecule has 2 aromatic heterocycles. The summed E-state index contributed by atoms with van der Waals surface area (Å²) >= 11 is 7.48. The number of rotatable bonds is 7. The molecule has 0 aliphatic heterocycles. The number of nitrogens with zero attached hydrogens (tertiary/aromatic N) is 3. The van der Waals surface area contributed by atoms with Gasteiger partial charge in [0.15, 0.2) is 0 Å². The fraction of sp³-hybridized carbons (Fsp3) is 0.107. The molecule has 0 aliphatic rings. The largest absolute Gasteiger partial charge is 0.310 e. The lowest BCUT2D eigenvalue weighted by atomic mass is 9.88. The minimum atomic E-state index is -0.0849. The quantitative estimate of drug-likeness (QED) is 0.260. The van der Waals surface area contributed by atoms with E-state index in [4.69, 9.17) is 16.6 Å². The smallest absolute Gasteiger partial charge is 0.226 e. The second-order valence-corrected chi connectivity index (χ2v) is 9.50. The van der Waals surface area contributed by atoms with Gasteiger partial charge in [0.1, 0.15) is 5.82 Å². The predicted molar refractivity (Wildman–Crippen MR) is 142 cm³/mol. The van der Waals surface area contributed by atoms with Crippen molar-refractivity contribution < 1.29 is 4.79 Å². The third kappa shape index (κ3) is 5.34. The Morgan fingerprint density at radius 3 is 2.23 bits per heavy atom.